The van der Waals surface area contributed by atoms with Crippen LogP contribution in [0.5, 0.6) is 0 Å². The number of rotatable bonds is 2. The van der Waals surface area contributed by atoms with E-state index in [1.807, 2.05) is 4.90 Å². The Morgan fingerprint density at radius 1 is 1.33 bits per heavy atom. The van der Waals surface area contributed by atoms with Crippen molar-refractivity contribution in [2.75, 3.05) is 18.0 Å². The Hall–Kier alpha value is -1.73. The van der Waals surface area contributed by atoms with Crippen molar-refractivity contribution in [2.45, 2.75) is 12.0 Å². The molecule has 8 heteroatoms. The number of hydrogen-bond donors (Lipinski definition) is 2. The van der Waals surface area contributed by atoms with E-state index in [4.69, 9.17) is 11.6 Å². The minimum absolute atomic E-state index is 0.390. The van der Waals surface area contributed by atoms with E-state index in [-0.39, 0.29) is 0 Å². The van der Waals surface area contributed by atoms with Crippen molar-refractivity contribution in [3.63, 3.8) is 0 Å². The second kappa shape index (κ2) is 4.18. The van der Waals surface area contributed by atoms with Crippen molar-refractivity contribution in [3.8, 4) is 0 Å². The molecule has 1 fully saturated rings. The van der Waals surface area contributed by atoms with Crippen molar-refractivity contribution in [1.82, 2.24) is 25.4 Å². The first-order valence-corrected chi connectivity index (χ1v) is 5.86. The van der Waals surface area contributed by atoms with Crippen LogP contribution in [0.3, 0.4) is 0 Å². The van der Waals surface area contributed by atoms with Gasteiger partial charge in [0.05, 0.1) is 30.2 Å². The van der Waals surface area contributed by atoms with Gasteiger partial charge < -0.3 is 10.0 Å². The van der Waals surface area contributed by atoms with Crippen molar-refractivity contribution >= 4 is 17.5 Å². The van der Waals surface area contributed by atoms with Gasteiger partial charge in [-0.1, -0.05) is 11.6 Å². The van der Waals surface area contributed by atoms with Crippen LogP contribution in [-0.2, 0) is 5.60 Å². The van der Waals surface area contributed by atoms with Crippen molar-refractivity contribution in [1.29, 1.82) is 0 Å². The lowest BCUT2D eigenvalue weighted by Gasteiger charge is -2.20. The summed E-state index contributed by atoms with van der Waals surface area (Å²) in [7, 11) is 0. The molecule has 1 aliphatic rings. The van der Waals surface area contributed by atoms with Gasteiger partial charge in [-0.25, -0.2) is 9.97 Å². The van der Waals surface area contributed by atoms with E-state index in [2.05, 4.69) is 25.4 Å². The number of aliphatic hydroxyl groups is 1. The second-order valence-electron chi connectivity index (χ2n) is 4.26. The van der Waals surface area contributed by atoms with E-state index < -0.39 is 5.60 Å². The third kappa shape index (κ3) is 1.91. The van der Waals surface area contributed by atoms with Gasteiger partial charge in [0.15, 0.2) is 0 Å². The topological polar surface area (TPSA) is 90.8 Å². The van der Waals surface area contributed by atoms with Crippen LogP contribution in [-0.4, -0.2) is 43.6 Å². The third-order valence-electron chi connectivity index (χ3n) is 3.03. The molecule has 94 valence electrons. The number of anilines is 1. The van der Waals surface area contributed by atoms with E-state index in [0.29, 0.717) is 36.2 Å². The van der Waals surface area contributed by atoms with E-state index in [0.717, 1.165) is 0 Å². The van der Waals surface area contributed by atoms with Gasteiger partial charge in [-0.3, -0.25) is 0 Å². The summed E-state index contributed by atoms with van der Waals surface area (Å²) in [5.41, 5.74) is -0.463. The normalized spacial score (nSPS) is 23.6. The maximum absolute atomic E-state index is 10.5. The highest BCUT2D eigenvalue weighted by molar-refractivity contribution is 6.30. The number of hydrogen-bond acceptors (Lipinski definition) is 6. The molecule has 0 radical (unpaired) electrons. The highest BCUT2D eigenvalue weighted by Gasteiger charge is 2.40. The number of nitrogens with zero attached hydrogens (tertiary/aromatic N) is 5. The van der Waals surface area contributed by atoms with Crippen molar-refractivity contribution < 1.29 is 5.11 Å². The Balaban J connectivity index is 1.81. The first-order valence-electron chi connectivity index (χ1n) is 5.48. The van der Waals surface area contributed by atoms with Crippen molar-refractivity contribution in [2.24, 2.45) is 0 Å². The molecule has 1 aliphatic heterocycles. The van der Waals surface area contributed by atoms with Crippen LogP contribution < -0.4 is 4.90 Å². The molecule has 2 aromatic heterocycles. The predicted octanol–water partition coefficient (Wildman–Crippen LogP) is 0.346. The molecule has 0 amide bonds. The average molecular weight is 267 g/mol. The molecule has 2 aromatic rings. The fraction of sp³-hybridized carbons (Fsp3) is 0.400. The summed E-state index contributed by atoms with van der Waals surface area (Å²) in [6.45, 7) is 1.05. The van der Waals surface area contributed by atoms with Gasteiger partial charge >= 0.3 is 0 Å². The highest BCUT2D eigenvalue weighted by Crippen LogP contribution is 2.31. The fourth-order valence-electron chi connectivity index (χ4n) is 2.07. The molecule has 1 unspecified atom stereocenters. The zero-order chi connectivity index (χ0) is 12.6. The monoisotopic (exact) mass is 266 g/mol. The van der Waals surface area contributed by atoms with Gasteiger partial charge in [-0.05, 0) is 0 Å². The Kier molecular flexibility index (Phi) is 2.64. The zero-order valence-electron chi connectivity index (χ0n) is 9.41. The van der Waals surface area contributed by atoms with E-state index in [1.54, 1.807) is 0 Å². The summed E-state index contributed by atoms with van der Waals surface area (Å²) in [4.78, 5) is 10.2. The van der Waals surface area contributed by atoms with Crippen LogP contribution in [0.25, 0.3) is 0 Å². The summed E-state index contributed by atoms with van der Waals surface area (Å²) in [5.74, 6) is 0.554. The maximum atomic E-state index is 10.5. The van der Waals surface area contributed by atoms with Crippen LogP contribution in [0.1, 0.15) is 12.1 Å². The van der Waals surface area contributed by atoms with Crippen molar-refractivity contribution in [3.05, 3.63) is 29.3 Å². The highest BCUT2D eigenvalue weighted by atomic mass is 35.5. The average Bonchev–Trinajstić information content (AvgIpc) is 3.00. The van der Waals surface area contributed by atoms with Gasteiger partial charge in [0.25, 0.3) is 0 Å². The molecule has 3 heterocycles. The summed E-state index contributed by atoms with van der Waals surface area (Å²) >= 11 is 5.74. The largest absolute Gasteiger partial charge is 0.381 e. The Bertz CT molecular complexity index is 530. The molecule has 0 aromatic carbocycles. The molecule has 0 aliphatic carbocycles. The lowest BCUT2D eigenvalue weighted by atomic mass is 10.0. The number of nitrogens with one attached hydrogen (secondary N) is 1. The predicted molar refractivity (Wildman–Crippen MR) is 64.2 cm³/mol. The quantitative estimate of drug-likeness (QED) is 0.815. The van der Waals surface area contributed by atoms with Crippen LogP contribution >= 0.6 is 11.6 Å². The molecular formula is C10H11ClN6O. The van der Waals surface area contributed by atoms with Gasteiger partial charge in [0.2, 0.25) is 5.95 Å². The Morgan fingerprint density at radius 3 is 2.78 bits per heavy atom. The molecule has 7 nitrogen and oxygen atoms in total. The zero-order valence-corrected chi connectivity index (χ0v) is 10.2. The van der Waals surface area contributed by atoms with E-state index in [1.165, 1.54) is 18.6 Å². The molecule has 3 rings (SSSR count). The molecule has 2 N–H and O–H groups in total. The maximum Gasteiger partial charge on any atom is 0.225 e. The first-order chi connectivity index (χ1) is 8.67. The number of halogens is 1. The summed E-state index contributed by atoms with van der Waals surface area (Å²) in [6.07, 6.45) is 5.17. The molecule has 18 heavy (non-hydrogen) atoms. The summed E-state index contributed by atoms with van der Waals surface area (Å²) in [5, 5.41) is 21.1. The number of H-pyrrole nitrogens is 1. The van der Waals surface area contributed by atoms with E-state index in [9.17, 15) is 5.11 Å². The number of aromatic amines is 1. The third-order valence-corrected chi connectivity index (χ3v) is 3.22. The number of aromatic nitrogens is 5. The number of β-amino-alcohol motifs (C(OH)–C–C–N with tert-alkyl or cyclic N) is 1. The van der Waals surface area contributed by atoms with Crippen LogP contribution in [0, 0.1) is 0 Å². The van der Waals surface area contributed by atoms with Crippen LogP contribution in [0.4, 0.5) is 5.95 Å². The van der Waals surface area contributed by atoms with E-state index >= 15 is 0 Å². The minimum atomic E-state index is -1.00. The minimum Gasteiger partial charge on any atom is -0.381 e. The molecule has 0 bridgehead atoms. The molecule has 0 saturated carbocycles. The first kappa shape index (κ1) is 11.4. The smallest absolute Gasteiger partial charge is 0.225 e. The molecule has 1 saturated heterocycles. The summed E-state index contributed by atoms with van der Waals surface area (Å²) in [6, 6.07) is 0. The second-order valence-corrected chi connectivity index (χ2v) is 4.70. The van der Waals surface area contributed by atoms with Gasteiger partial charge in [0, 0.05) is 13.0 Å². The van der Waals surface area contributed by atoms with Crippen LogP contribution in [0.2, 0.25) is 5.02 Å². The van der Waals surface area contributed by atoms with Gasteiger partial charge in [-0.15, -0.1) is 0 Å². The van der Waals surface area contributed by atoms with Gasteiger partial charge in [-0.2, -0.15) is 15.4 Å². The Labute approximate surface area is 108 Å². The fourth-order valence-corrected chi connectivity index (χ4v) is 2.17. The SMILES string of the molecule is OC1(c2cn[nH]n2)CCN(c2ncc(Cl)cn2)C1. The Morgan fingerprint density at radius 2 is 2.11 bits per heavy atom. The lowest BCUT2D eigenvalue weighted by molar-refractivity contribution is 0.0559. The van der Waals surface area contributed by atoms with Crippen LogP contribution in [0.15, 0.2) is 18.6 Å². The molecule has 1 atom stereocenters. The molecule has 0 spiro atoms. The van der Waals surface area contributed by atoms with Gasteiger partial charge in [0.1, 0.15) is 11.3 Å². The lowest BCUT2D eigenvalue weighted by Crippen LogP contribution is -2.31. The molecular weight excluding hydrogens is 256 g/mol. The summed E-state index contributed by atoms with van der Waals surface area (Å²) < 4.78 is 0. The standard InChI is InChI=1S/C10H11ClN6O/c11-7-3-12-9(13-4-7)17-2-1-10(18,6-17)8-5-14-16-15-8/h3-5,18H,1-2,6H2,(H,14,15,16).